The molecule has 9 N–H and O–H groups in total. The molecular weight excluding hydrogens is 744 g/mol. The summed E-state index contributed by atoms with van der Waals surface area (Å²) in [5, 5.41) is 93.7. The third kappa shape index (κ3) is 8.30. The Hall–Kier alpha value is -3.73. The Bertz CT molecular complexity index is 1890. The van der Waals surface area contributed by atoms with Crippen molar-refractivity contribution in [2.45, 2.75) is 113 Å². The van der Waals surface area contributed by atoms with Crippen LogP contribution in [0.3, 0.4) is 0 Å². The molecule has 0 bridgehead atoms. The van der Waals surface area contributed by atoms with Gasteiger partial charge in [0, 0.05) is 11.1 Å². The van der Waals surface area contributed by atoms with Crippen molar-refractivity contribution in [1.29, 1.82) is 0 Å². The monoisotopic (exact) mass is 792 g/mol. The minimum absolute atomic E-state index is 0.000133. The van der Waals surface area contributed by atoms with Crippen molar-refractivity contribution in [3.05, 3.63) is 63.8 Å². The van der Waals surface area contributed by atoms with Gasteiger partial charge in [0.05, 0.1) is 31.8 Å². The number of rotatable bonds is 11. The van der Waals surface area contributed by atoms with Crippen molar-refractivity contribution in [3.8, 4) is 28.6 Å². The lowest BCUT2D eigenvalue weighted by molar-refractivity contribution is -0.334. The Morgan fingerprint density at radius 2 is 1.46 bits per heavy atom. The van der Waals surface area contributed by atoms with Crippen molar-refractivity contribution in [2.24, 2.45) is 0 Å². The largest absolute Gasteiger partial charge is 0.497 e. The van der Waals surface area contributed by atoms with Crippen molar-refractivity contribution < 1.29 is 83.5 Å². The zero-order valence-corrected chi connectivity index (χ0v) is 30.9. The highest BCUT2D eigenvalue weighted by Crippen LogP contribution is 2.39. The first-order chi connectivity index (χ1) is 26.6. The lowest BCUT2D eigenvalue weighted by Gasteiger charge is -2.44. The third-order valence-corrected chi connectivity index (χ3v) is 9.99. The van der Waals surface area contributed by atoms with Gasteiger partial charge in [0.15, 0.2) is 12.1 Å². The lowest BCUT2D eigenvalue weighted by atomic mass is 9.98. The molecule has 14 atom stereocenters. The predicted molar refractivity (Wildman–Crippen MR) is 192 cm³/mol. The predicted octanol–water partition coefficient (Wildman–Crippen LogP) is -1.17. The van der Waals surface area contributed by atoms with E-state index in [1.54, 1.807) is 24.3 Å². The maximum Gasteiger partial charge on any atom is 0.235 e. The van der Waals surface area contributed by atoms with Crippen molar-refractivity contribution in [3.63, 3.8) is 0 Å². The van der Waals surface area contributed by atoms with Crippen LogP contribution in [0.2, 0.25) is 0 Å². The molecule has 18 heteroatoms. The van der Waals surface area contributed by atoms with Gasteiger partial charge in [-0.1, -0.05) is 11.6 Å². The fraction of sp³-hybridized carbons (Fsp3) is 0.553. The van der Waals surface area contributed by atoms with E-state index in [-0.39, 0.29) is 35.5 Å². The Morgan fingerprint density at radius 3 is 2.12 bits per heavy atom. The third-order valence-electron chi connectivity index (χ3n) is 9.99. The number of fused-ring (bicyclic) bond motifs is 1. The van der Waals surface area contributed by atoms with Crippen LogP contribution in [-0.4, -0.2) is 152 Å². The highest BCUT2D eigenvalue weighted by atomic mass is 16.7. The topological polar surface area (TPSA) is 277 Å². The van der Waals surface area contributed by atoms with Crippen LogP contribution in [0, 0.1) is 0 Å². The fourth-order valence-electron chi connectivity index (χ4n) is 6.68. The number of aliphatic hydroxyl groups excluding tert-OH is 9. The molecule has 4 heterocycles. The fourth-order valence-corrected chi connectivity index (χ4v) is 6.68. The van der Waals surface area contributed by atoms with Crippen LogP contribution in [0.5, 0.6) is 17.2 Å². The molecule has 0 amide bonds. The van der Waals surface area contributed by atoms with E-state index < -0.39 is 104 Å². The summed E-state index contributed by atoms with van der Waals surface area (Å²) in [4.78, 5) is 14.5. The molecule has 18 nitrogen and oxygen atoms in total. The molecule has 3 fully saturated rings. The molecule has 3 saturated heterocycles. The molecule has 3 aliphatic rings. The van der Waals surface area contributed by atoms with E-state index in [1.807, 2.05) is 19.9 Å². The molecule has 56 heavy (non-hydrogen) atoms. The molecule has 0 unspecified atom stereocenters. The summed E-state index contributed by atoms with van der Waals surface area (Å²) in [6.45, 7) is 4.15. The average Bonchev–Trinajstić information content (AvgIpc) is 3.18. The first-order valence-corrected chi connectivity index (χ1v) is 18.0. The van der Waals surface area contributed by atoms with Gasteiger partial charge in [-0.3, -0.25) is 4.79 Å². The van der Waals surface area contributed by atoms with Gasteiger partial charge in [-0.05, 0) is 63.6 Å². The Balaban J connectivity index is 1.39. The first-order valence-electron chi connectivity index (χ1n) is 18.0. The van der Waals surface area contributed by atoms with Crippen molar-refractivity contribution >= 4 is 11.0 Å². The van der Waals surface area contributed by atoms with Crippen LogP contribution in [0.25, 0.3) is 22.3 Å². The average molecular weight is 793 g/mol. The summed E-state index contributed by atoms with van der Waals surface area (Å²) >= 11 is 0. The van der Waals surface area contributed by atoms with Gasteiger partial charge in [0.1, 0.15) is 78.1 Å². The van der Waals surface area contributed by atoms with Crippen LogP contribution in [0.4, 0.5) is 0 Å². The van der Waals surface area contributed by atoms with Gasteiger partial charge in [0.25, 0.3) is 0 Å². The molecule has 6 rings (SSSR count). The Labute approximate surface area is 320 Å². The standard InChI is InChI=1S/C38H48O18/c1-15(2)5-10-19-22(52-38-30(47)27(44)26(43)23(13-39)53-38)12-11-20-24(41)35(33(54-34(19)20)17-6-8-18(49-4)9-7-17)56-37-31(48)28(45)32(16(3)51-37)55-36-29(46)25(42)21(40)14-50-36/h5-9,11-12,16,21,23,25-32,36-40,42-48H,10,13-14H2,1-4H3/t16-,21+,23-,25-,26-,27+,28+,29-,30+,31-,32+,36-,37-,38-/m0/s1. The maximum absolute atomic E-state index is 14.5. The Morgan fingerprint density at radius 1 is 0.804 bits per heavy atom. The number of ether oxygens (including phenoxy) is 7. The van der Waals surface area contributed by atoms with E-state index in [4.69, 9.17) is 37.6 Å². The minimum Gasteiger partial charge on any atom is -0.497 e. The highest BCUT2D eigenvalue weighted by molar-refractivity contribution is 5.86. The van der Waals surface area contributed by atoms with Crippen LogP contribution in [-0.2, 0) is 25.4 Å². The number of hydrogen-bond donors (Lipinski definition) is 9. The van der Waals surface area contributed by atoms with Crippen LogP contribution >= 0.6 is 0 Å². The minimum atomic E-state index is -1.84. The van der Waals surface area contributed by atoms with E-state index >= 15 is 0 Å². The van der Waals surface area contributed by atoms with E-state index in [2.05, 4.69) is 0 Å². The van der Waals surface area contributed by atoms with Gasteiger partial charge in [0.2, 0.25) is 23.8 Å². The van der Waals surface area contributed by atoms with Gasteiger partial charge in [-0.2, -0.15) is 0 Å². The van der Waals surface area contributed by atoms with E-state index in [9.17, 15) is 50.8 Å². The highest BCUT2D eigenvalue weighted by Gasteiger charge is 2.49. The summed E-state index contributed by atoms with van der Waals surface area (Å²) < 4.78 is 46.4. The molecule has 1 aromatic heterocycles. The van der Waals surface area contributed by atoms with Crippen molar-refractivity contribution in [2.75, 3.05) is 20.3 Å². The van der Waals surface area contributed by atoms with Crippen LogP contribution in [0.15, 0.2) is 57.3 Å². The second-order valence-corrected chi connectivity index (χ2v) is 14.2. The van der Waals surface area contributed by atoms with Crippen LogP contribution < -0.4 is 19.6 Å². The molecule has 308 valence electrons. The van der Waals surface area contributed by atoms with E-state index in [0.717, 1.165) is 5.57 Å². The summed E-state index contributed by atoms with van der Waals surface area (Å²) in [5.41, 5.74) is 0.880. The Kier molecular flexibility index (Phi) is 13.0. The maximum atomic E-state index is 14.5. The zero-order chi connectivity index (χ0) is 40.6. The summed E-state index contributed by atoms with van der Waals surface area (Å²) in [5.74, 6) is 0.0578. The normalized spacial score (nSPS) is 34.9. The first kappa shape index (κ1) is 41.9. The molecular formula is C38H48O18. The van der Waals surface area contributed by atoms with Crippen molar-refractivity contribution in [1.82, 2.24) is 0 Å². The molecule has 3 aromatic rings. The lowest BCUT2D eigenvalue weighted by Crippen LogP contribution is -2.62. The second kappa shape index (κ2) is 17.4. The molecule has 0 aliphatic carbocycles. The summed E-state index contributed by atoms with van der Waals surface area (Å²) in [7, 11) is 1.48. The van der Waals surface area contributed by atoms with Gasteiger partial charge >= 0.3 is 0 Å². The molecule has 0 radical (unpaired) electrons. The van der Waals surface area contributed by atoms with Gasteiger partial charge in [-0.15, -0.1) is 0 Å². The number of hydrogen-bond acceptors (Lipinski definition) is 18. The van der Waals surface area contributed by atoms with Gasteiger partial charge < -0.3 is 83.5 Å². The number of aliphatic hydroxyl groups is 9. The molecule has 0 spiro atoms. The van der Waals surface area contributed by atoms with Crippen LogP contribution in [0.1, 0.15) is 26.3 Å². The number of allylic oxidation sites excluding steroid dienone is 2. The quantitative estimate of drug-likeness (QED) is 0.103. The zero-order valence-electron chi connectivity index (χ0n) is 30.9. The van der Waals surface area contributed by atoms with E-state index in [0.29, 0.717) is 16.9 Å². The summed E-state index contributed by atoms with van der Waals surface area (Å²) in [6, 6.07) is 9.22. The second-order valence-electron chi connectivity index (χ2n) is 14.2. The number of methoxy groups -OCH3 is 1. The summed E-state index contributed by atoms with van der Waals surface area (Å²) in [6.07, 6.45) is -19.6. The molecule has 3 aliphatic heterocycles. The SMILES string of the molecule is COc1ccc(-c2oc3c(CC=C(C)C)c(O[C@H]4O[C@@H](CO)[C@H](O)[C@@H](O)[C@H]4O)ccc3c(=O)c2O[C@@H]2O[C@@H](C)[C@@H](O[C@@H]3OC[C@@H](O)[C@H](O)[C@@H]3O)[C@H](O)[C@@H]2O)cc1. The van der Waals surface area contributed by atoms with E-state index in [1.165, 1.54) is 26.2 Å². The smallest absolute Gasteiger partial charge is 0.235 e. The molecule has 2 aromatic carbocycles. The molecule has 0 saturated carbocycles. The van der Waals surface area contributed by atoms with Gasteiger partial charge in [-0.25, -0.2) is 0 Å². The number of benzene rings is 2.